The highest BCUT2D eigenvalue weighted by Gasteiger charge is 2.20. The molecule has 0 nitrogen and oxygen atoms in total. The van der Waals surface area contributed by atoms with Gasteiger partial charge in [0.2, 0.25) is 0 Å². The van der Waals surface area contributed by atoms with Gasteiger partial charge in [-0.2, -0.15) is 0 Å². The van der Waals surface area contributed by atoms with Crippen LogP contribution in [0.15, 0.2) is 285 Å². The van der Waals surface area contributed by atoms with Crippen LogP contribution >= 0.6 is 0 Å². The lowest BCUT2D eigenvalue weighted by Gasteiger charge is -2.19. The first-order chi connectivity index (χ1) is 37.1. The lowest BCUT2D eigenvalue weighted by molar-refractivity contribution is 1.51. The van der Waals surface area contributed by atoms with Crippen LogP contribution in [-0.2, 0) is 0 Å². The van der Waals surface area contributed by atoms with Crippen molar-refractivity contribution < 1.29 is 0 Å². The minimum absolute atomic E-state index is 1.23. The fourth-order valence-corrected chi connectivity index (χ4v) is 12.0. The lowest BCUT2D eigenvalue weighted by atomic mass is 9.84. The first-order valence-corrected chi connectivity index (χ1v) is 26.1. The zero-order valence-electron chi connectivity index (χ0n) is 41.6. The smallest absolute Gasteiger partial charge is 0.00201 e. The second kappa shape index (κ2) is 18.5. The Morgan fingerprint density at radius 1 is 0.173 bits per heavy atom. The summed E-state index contributed by atoms with van der Waals surface area (Å²) in [5, 5.41) is 20.5. The second-order valence-electron chi connectivity index (χ2n) is 20.0. The maximum absolute atomic E-state index is 2.36. The molecule has 0 atom stereocenters. The number of fused-ring (bicyclic) bond motifs is 8. The molecule has 0 unspecified atom stereocenters. The normalized spacial score (nSPS) is 11.5. The molecule has 15 aromatic rings. The van der Waals surface area contributed by atoms with Crippen LogP contribution in [0.3, 0.4) is 0 Å². The summed E-state index contributed by atoms with van der Waals surface area (Å²) in [6, 6.07) is 104. The van der Waals surface area contributed by atoms with E-state index in [9.17, 15) is 0 Å². The molecule has 0 aliphatic heterocycles. The van der Waals surface area contributed by atoms with Gasteiger partial charge in [-0.25, -0.2) is 0 Å². The minimum atomic E-state index is 1.23. The van der Waals surface area contributed by atoms with Crippen molar-refractivity contribution in [2.45, 2.75) is 6.92 Å². The van der Waals surface area contributed by atoms with E-state index in [1.54, 1.807) is 0 Å². The number of hydrogen-bond donors (Lipinski definition) is 0. The Hall–Kier alpha value is -9.62. The third kappa shape index (κ3) is 7.79. The summed E-state index contributed by atoms with van der Waals surface area (Å²) in [4.78, 5) is 0. The lowest BCUT2D eigenvalue weighted by Crippen LogP contribution is -1.92. The SMILES string of the molecule is Cc1ccc2c(-c3ccc4ccccc4c3)c3ccccc3c(-c3ccc4ccccc4c3)c2c1.c1ccc2cc(-c3ccc(-c4c5ccccc5c(-c5cccc6ccccc56)c5ccccc45)cc3)ccc2c1. The second-order valence-corrected chi connectivity index (χ2v) is 20.0. The van der Waals surface area contributed by atoms with Crippen LogP contribution in [0, 0.1) is 6.92 Å². The minimum Gasteiger partial charge on any atom is -0.0616 e. The monoisotopic (exact) mass is 950 g/mol. The van der Waals surface area contributed by atoms with E-state index in [4.69, 9.17) is 0 Å². The van der Waals surface area contributed by atoms with E-state index in [0.717, 1.165) is 0 Å². The number of benzene rings is 15. The molecule has 0 bridgehead atoms. The van der Waals surface area contributed by atoms with E-state index in [1.807, 2.05) is 0 Å². The summed E-state index contributed by atoms with van der Waals surface area (Å²) in [5.41, 5.74) is 14.0. The molecule has 0 amide bonds. The van der Waals surface area contributed by atoms with Gasteiger partial charge in [0.15, 0.2) is 0 Å². The van der Waals surface area contributed by atoms with Crippen LogP contribution in [0.25, 0.3) is 142 Å². The van der Waals surface area contributed by atoms with E-state index >= 15 is 0 Å². The van der Waals surface area contributed by atoms with Crippen molar-refractivity contribution in [2.24, 2.45) is 0 Å². The molecule has 0 radical (unpaired) electrons. The largest absolute Gasteiger partial charge is 0.0616 e. The molecule has 0 aliphatic carbocycles. The van der Waals surface area contributed by atoms with E-state index in [-0.39, 0.29) is 0 Å². The van der Waals surface area contributed by atoms with Gasteiger partial charge in [0, 0.05) is 0 Å². The molecule has 0 saturated carbocycles. The fraction of sp³-hybridized carbons (Fsp3) is 0.0133. The Kier molecular flexibility index (Phi) is 10.9. The summed E-state index contributed by atoms with van der Waals surface area (Å²) in [7, 11) is 0. The quantitative estimate of drug-likeness (QED) is 0.151. The van der Waals surface area contributed by atoms with Crippen LogP contribution in [0.5, 0.6) is 0 Å². The van der Waals surface area contributed by atoms with E-state index in [2.05, 4.69) is 292 Å². The van der Waals surface area contributed by atoms with Gasteiger partial charge < -0.3 is 0 Å². The van der Waals surface area contributed by atoms with Gasteiger partial charge in [-0.3, -0.25) is 0 Å². The molecule has 15 aromatic carbocycles. The standard InChI is InChI=1S/C40H26.C35H24/c1-2-12-31-26-32(25-22-27(31)10-1)28-20-23-30(24-21-28)39-35-15-5-7-17-37(35)40(38-18-8-6-16-36(38)39)34-19-9-13-29-11-3-4-14-33(29)34;1-23-14-19-32-33(20-23)35(29-18-16-25-9-3-5-11-27(25)22-29)31-13-7-6-12-30(31)34(32)28-17-15-24-8-2-4-10-26(24)21-28/h1-26H;2-22H,1H3. The Labute approximate surface area is 437 Å². The molecule has 0 heterocycles. The molecular formula is C75H50. The van der Waals surface area contributed by atoms with Crippen molar-refractivity contribution >= 4 is 86.2 Å². The van der Waals surface area contributed by atoms with Gasteiger partial charge in [0.05, 0.1) is 0 Å². The van der Waals surface area contributed by atoms with Gasteiger partial charge >= 0.3 is 0 Å². The van der Waals surface area contributed by atoms with Crippen LogP contribution in [0.4, 0.5) is 0 Å². The maximum atomic E-state index is 2.36. The van der Waals surface area contributed by atoms with Crippen LogP contribution in [-0.4, -0.2) is 0 Å². The van der Waals surface area contributed by atoms with Gasteiger partial charge in [0.25, 0.3) is 0 Å². The van der Waals surface area contributed by atoms with Crippen molar-refractivity contribution in [3.63, 3.8) is 0 Å². The van der Waals surface area contributed by atoms with Crippen LogP contribution < -0.4 is 0 Å². The third-order valence-corrected chi connectivity index (χ3v) is 15.5. The van der Waals surface area contributed by atoms with Gasteiger partial charge in [-0.15, -0.1) is 0 Å². The van der Waals surface area contributed by atoms with Crippen molar-refractivity contribution in [3.05, 3.63) is 291 Å². The van der Waals surface area contributed by atoms with Crippen LogP contribution in [0.2, 0.25) is 0 Å². The van der Waals surface area contributed by atoms with E-state index in [0.29, 0.717) is 0 Å². The summed E-state index contributed by atoms with van der Waals surface area (Å²) < 4.78 is 0. The van der Waals surface area contributed by atoms with Crippen molar-refractivity contribution in [1.82, 2.24) is 0 Å². The number of hydrogen-bond acceptors (Lipinski definition) is 0. The molecule has 0 fully saturated rings. The summed E-state index contributed by atoms with van der Waals surface area (Å²) in [6.45, 7) is 2.19. The maximum Gasteiger partial charge on any atom is -0.00201 e. The topological polar surface area (TPSA) is 0 Å². The average Bonchev–Trinajstić information content (AvgIpc) is 3.51. The molecule has 0 saturated heterocycles. The van der Waals surface area contributed by atoms with Gasteiger partial charge in [0.1, 0.15) is 0 Å². The van der Waals surface area contributed by atoms with Crippen molar-refractivity contribution in [2.75, 3.05) is 0 Å². The summed E-state index contributed by atoms with van der Waals surface area (Å²) in [5.74, 6) is 0. The third-order valence-electron chi connectivity index (χ3n) is 15.5. The first kappa shape index (κ1) is 44.1. The summed E-state index contributed by atoms with van der Waals surface area (Å²) >= 11 is 0. The molecular weight excluding hydrogens is 901 g/mol. The van der Waals surface area contributed by atoms with Crippen LogP contribution in [0.1, 0.15) is 5.56 Å². The molecule has 0 spiro atoms. The zero-order chi connectivity index (χ0) is 49.8. The Bertz CT molecular complexity index is 4650. The molecule has 15 rings (SSSR count). The van der Waals surface area contributed by atoms with Gasteiger partial charge in [-0.1, -0.05) is 272 Å². The Balaban J connectivity index is 0.000000139. The van der Waals surface area contributed by atoms with Gasteiger partial charge in [-0.05, 0) is 167 Å². The van der Waals surface area contributed by atoms with Crippen molar-refractivity contribution in [1.29, 1.82) is 0 Å². The average molecular weight is 951 g/mol. The summed E-state index contributed by atoms with van der Waals surface area (Å²) in [6.07, 6.45) is 0. The van der Waals surface area contributed by atoms with E-state index in [1.165, 1.54) is 147 Å². The predicted octanol–water partition coefficient (Wildman–Crippen LogP) is 21.2. The Morgan fingerprint density at radius 3 is 1.01 bits per heavy atom. The zero-order valence-corrected chi connectivity index (χ0v) is 41.6. The highest BCUT2D eigenvalue weighted by Crippen LogP contribution is 2.47. The first-order valence-electron chi connectivity index (χ1n) is 26.1. The Morgan fingerprint density at radius 2 is 0.507 bits per heavy atom. The fourth-order valence-electron chi connectivity index (χ4n) is 12.0. The highest BCUT2D eigenvalue weighted by molar-refractivity contribution is 6.24. The highest BCUT2D eigenvalue weighted by atomic mass is 14.2. The van der Waals surface area contributed by atoms with Crippen molar-refractivity contribution in [3.8, 4) is 55.6 Å². The molecule has 350 valence electrons. The predicted molar refractivity (Wildman–Crippen MR) is 325 cm³/mol. The molecule has 0 aromatic heterocycles. The molecule has 0 aliphatic rings. The molecule has 0 N–H and O–H groups in total. The molecule has 75 heavy (non-hydrogen) atoms. The number of rotatable bonds is 5. The number of aryl methyl sites for hydroxylation is 1. The van der Waals surface area contributed by atoms with E-state index < -0.39 is 0 Å². The molecule has 0 heteroatoms.